The third-order valence-electron chi connectivity index (χ3n) is 2.92. The number of aromatic hydroxyl groups is 1. The number of rotatable bonds is 3. The van der Waals surface area contributed by atoms with Crippen molar-refractivity contribution in [2.75, 3.05) is 18.2 Å². The number of amides is 1. The number of carbonyl (C=O) groups excluding carboxylic acids is 1. The van der Waals surface area contributed by atoms with Gasteiger partial charge in [0.15, 0.2) is 11.5 Å². The summed E-state index contributed by atoms with van der Waals surface area (Å²) in [5.41, 5.74) is 7.95. The minimum atomic E-state index is -0.447. The number of nitrogens with one attached hydrogen (secondary N) is 1. The van der Waals surface area contributed by atoms with Gasteiger partial charge < -0.3 is 20.9 Å². The number of nitrogen functional groups attached to an aromatic ring is 1. The number of benzene rings is 2. The van der Waals surface area contributed by atoms with Gasteiger partial charge in [-0.05, 0) is 36.8 Å². The molecule has 0 heterocycles. The Morgan fingerprint density at radius 1 is 1.30 bits per heavy atom. The molecular weight excluding hydrogens is 256 g/mol. The molecule has 0 atom stereocenters. The molecule has 0 spiro atoms. The second-order valence-corrected chi connectivity index (χ2v) is 4.40. The Morgan fingerprint density at radius 2 is 2.05 bits per heavy atom. The summed E-state index contributed by atoms with van der Waals surface area (Å²) in [5.74, 6) is -0.398. The molecule has 0 aliphatic carbocycles. The maximum atomic E-state index is 12.2. The monoisotopic (exact) mass is 272 g/mol. The number of hydrogen-bond acceptors (Lipinski definition) is 4. The van der Waals surface area contributed by atoms with Gasteiger partial charge in [0.1, 0.15) is 0 Å². The van der Waals surface area contributed by atoms with Gasteiger partial charge >= 0.3 is 0 Å². The van der Waals surface area contributed by atoms with Crippen molar-refractivity contribution in [2.24, 2.45) is 0 Å². The largest absolute Gasteiger partial charge is 0.504 e. The summed E-state index contributed by atoms with van der Waals surface area (Å²) < 4.78 is 4.97. The van der Waals surface area contributed by atoms with E-state index in [4.69, 9.17) is 10.5 Å². The lowest BCUT2D eigenvalue weighted by Gasteiger charge is -2.11. The first kappa shape index (κ1) is 13.7. The molecule has 2 aromatic carbocycles. The first-order chi connectivity index (χ1) is 9.52. The van der Waals surface area contributed by atoms with Crippen LogP contribution in [0.3, 0.4) is 0 Å². The van der Waals surface area contributed by atoms with Crippen molar-refractivity contribution < 1.29 is 14.6 Å². The Bertz CT molecular complexity index is 654. The number of phenols is 1. The zero-order valence-electron chi connectivity index (χ0n) is 11.3. The molecule has 2 aromatic rings. The van der Waals surface area contributed by atoms with Crippen LogP contribution in [0, 0.1) is 6.92 Å². The van der Waals surface area contributed by atoms with E-state index in [0.29, 0.717) is 11.4 Å². The molecule has 2 rings (SSSR count). The van der Waals surface area contributed by atoms with Crippen LogP contribution in [-0.2, 0) is 0 Å². The summed E-state index contributed by atoms with van der Waals surface area (Å²) in [4.78, 5) is 12.2. The summed E-state index contributed by atoms with van der Waals surface area (Å²) in [5, 5.41) is 12.6. The van der Waals surface area contributed by atoms with E-state index >= 15 is 0 Å². The molecule has 0 bridgehead atoms. The number of aryl methyl sites for hydroxylation is 1. The molecule has 4 N–H and O–H groups in total. The Hall–Kier alpha value is -2.69. The standard InChI is InChI=1S/C15H16N2O3/c1-9-6-7-12(11(16)8-9)17-15(19)10-4-3-5-13(20-2)14(10)18/h3-8,18H,16H2,1-2H3,(H,17,19). The molecule has 5 heteroatoms. The van der Waals surface area contributed by atoms with Crippen molar-refractivity contribution in [3.63, 3.8) is 0 Å². The second kappa shape index (κ2) is 5.52. The predicted molar refractivity (Wildman–Crippen MR) is 78.2 cm³/mol. The Kier molecular flexibility index (Phi) is 3.79. The Morgan fingerprint density at radius 3 is 2.70 bits per heavy atom. The number of hydrogen-bond donors (Lipinski definition) is 3. The molecule has 0 saturated carbocycles. The van der Waals surface area contributed by atoms with Gasteiger partial charge in [-0.25, -0.2) is 0 Å². The first-order valence-corrected chi connectivity index (χ1v) is 6.06. The quantitative estimate of drug-likeness (QED) is 0.750. The lowest BCUT2D eigenvalue weighted by molar-refractivity contribution is 0.102. The molecule has 5 nitrogen and oxygen atoms in total. The van der Waals surface area contributed by atoms with Crippen molar-refractivity contribution in [3.8, 4) is 11.5 Å². The van der Waals surface area contributed by atoms with Gasteiger partial charge in [-0.1, -0.05) is 12.1 Å². The third kappa shape index (κ3) is 2.66. The average molecular weight is 272 g/mol. The van der Waals surface area contributed by atoms with Crippen molar-refractivity contribution in [2.45, 2.75) is 6.92 Å². The van der Waals surface area contributed by atoms with Gasteiger partial charge in [0, 0.05) is 0 Å². The number of methoxy groups -OCH3 is 1. The zero-order chi connectivity index (χ0) is 14.7. The van der Waals surface area contributed by atoms with Crippen LogP contribution in [-0.4, -0.2) is 18.1 Å². The number of phenolic OH excluding ortho intramolecular Hbond substituents is 1. The minimum absolute atomic E-state index is 0.129. The van der Waals surface area contributed by atoms with Gasteiger partial charge in [-0.2, -0.15) is 0 Å². The third-order valence-corrected chi connectivity index (χ3v) is 2.92. The fraction of sp³-hybridized carbons (Fsp3) is 0.133. The van der Waals surface area contributed by atoms with E-state index in [9.17, 15) is 9.90 Å². The highest BCUT2D eigenvalue weighted by Crippen LogP contribution is 2.30. The molecule has 0 radical (unpaired) electrons. The van der Waals surface area contributed by atoms with Crippen molar-refractivity contribution in [1.82, 2.24) is 0 Å². The van der Waals surface area contributed by atoms with Crippen molar-refractivity contribution in [1.29, 1.82) is 0 Å². The maximum Gasteiger partial charge on any atom is 0.259 e. The highest BCUT2D eigenvalue weighted by Gasteiger charge is 2.15. The van der Waals surface area contributed by atoms with Crippen molar-refractivity contribution >= 4 is 17.3 Å². The highest BCUT2D eigenvalue weighted by molar-refractivity contribution is 6.07. The molecule has 0 fully saturated rings. The summed E-state index contributed by atoms with van der Waals surface area (Å²) >= 11 is 0. The van der Waals surface area contributed by atoms with Crippen LogP contribution in [0.25, 0.3) is 0 Å². The van der Waals surface area contributed by atoms with E-state index in [1.54, 1.807) is 24.3 Å². The highest BCUT2D eigenvalue weighted by atomic mass is 16.5. The van der Waals surface area contributed by atoms with E-state index in [-0.39, 0.29) is 17.1 Å². The molecule has 0 aliphatic rings. The molecular formula is C15H16N2O3. The van der Waals surface area contributed by atoms with E-state index in [1.165, 1.54) is 13.2 Å². The smallest absolute Gasteiger partial charge is 0.259 e. The number of carbonyl (C=O) groups is 1. The van der Waals surface area contributed by atoms with Crippen molar-refractivity contribution in [3.05, 3.63) is 47.5 Å². The Labute approximate surface area is 117 Å². The van der Waals surface area contributed by atoms with E-state index in [0.717, 1.165) is 5.56 Å². The Balaban J connectivity index is 2.28. The van der Waals surface area contributed by atoms with Gasteiger partial charge in [0.05, 0.1) is 24.0 Å². The van der Waals surface area contributed by atoms with Gasteiger partial charge in [-0.15, -0.1) is 0 Å². The molecule has 20 heavy (non-hydrogen) atoms. The number of ether oxygens (including phenoxy) is 1. The van der Waals surface area contributed by atoms with Crippen LogP contribution in [0.4, 0.5) is 11.4 Å². The van der Waals surface area contributed by atoms with E-state index < -0.39 is 5.91 Å². The second-order valence-electron chi connectivity index (χ2n) is 4.40. The minimum Gasteiger partial charge on any atom is -0.504 e. The molecule has 0 unspecified atom stereocenters. The van der Waals surface area contributed by atoms with Crippen LogP contribution in [0.15, 0.2) is 36.4 Å². The lowest BCUT2D eigenvalue weighted by Crippen LogP contribution is -2.13. The average Bonchev–Trinajstić information content (AvgIpc) is 2.42. The van der Waals surface area contributed by atoms with Crippen LogP contribution in [0.1, 0.15) is 15.9 Å². The van der Waals surface area contributed by atoms with Crippen LogP contribution < -0.4 is 15.8 Å². The van der Waals surface area contributed by atoms with Gasteiger partial charge in [-0.3, -0.25) is 4.79 Å². The van der Waals surface area contributed by atoms with Crippen LogP contribution in [0.2, 0.25) is 0 Å². The van der Waals surface area contributed by atoms with Gasteiger partial charge in [0.2, 0.25) is 0 Å². The fourth-order valence-corrected chi connectivity index (χ4v) is 1.86. The van der Waals surface area contributed by atoms with Crippen LogP contribution in [0.5, 0.6) is 11.5 Å². The number of para-hydroxylation sites is 1. The molecule has 104 valence electrons. The summed E-state index contributed by atoms with van der Waals surface area (Å²) in [7, 11) is 1.43. The van der Waals surface area contributed by atoms with Crippen LogP contribution >= 0.6 is 0 Å². The topological polar surface area (TPSA) is 84.6 Å². The lowest BCUT2D eigenvalue weighted by atomic mass is 10.1. The molecule has 0 aromatic heterocycles. The number of nitrogens with two attached hydrogens (primary N) is 1. The van der Waals surface area contributed by atoms with E-state index in [1.807, 2.05) is 13.0 Å². The van der Waals surface area contributed by atoms with E-state index in [2.05, 4.69) is 5.32 Å². The summed E-state index contributed by atoms with van der Waals surface area (Å²) in [6.07, 6.45) is 0. The normalized spacial score (nSPS) is 10.1. The molecule has 1 amide bonds. The molecule has 0 saturated heterocycles. The number of anilines is 2. The maximum absolute atomic E-state index is 12.2. The van der Waals surface area contributed by atoms with Gasteiger partial charge in [0.25, 0.3) is 5.91 Å². The fourth-order valence-electron chi connectivity index (χ4n) is 1.86. The molecule has 0 aliphatic heterocycles. The summed E-state index contributed by atoms with van der Waals surface area (Å²) in [6.45, 7) is 1.91. The predicted octanol–water partition coefficient (Wildman–Crippen LogP) is 2.54. The summed E-state index contributed by atoms with van der Waals surface area (Å²) in [6, 6.07) is 10.0. The zero-order valence-corrected chi connectivity index (χ0v) is 11.3. The first-order valence-electron chi connectivity index (χ1n) is 6.06. The SMILES string of the molecule is COc1cccc(C(=O)Nc2ccc(C)cc2N)c1O.